The van der Waals surface area contributed by atoms with Crippen molar-refractivity contribution >= 4 is 48.1 Å². The second kappa shape index (κ2) is 19.7. The van der Waals surface area contributed by atoms with Crippen molar-refractivity contribution in [2.75, 3.05) is 6.54 Å². The van der Waals surface area contributed by atoms with Crippen molar-refractivity contribution in [1.82, 2.24) is 20.9 Å². The van der Waals surface area contributed by atoms with E-state index in [1.165, 1.54) is 0 Å². The Morgan fingerprint density at radius 1 is 0.845 bits per heavy atom. The molecule has 5 rings (SSSR count). The standard InChI is InChI=1S/C47H62N4O6Si/c1-7-41(57-58(46(3,4)5,35-24-15-10-16-25-35)36-26-17-11-18-27-36)40(52)30-20-12-19-28-37-42(53)50-47(6,8-2)45(56)49-38(32-31-34-22-13-9-14-23-34)44(55)51-33-21-29-39(51)43(54)48-37/h9-18,20,22-27,37-39,41H,7-8,19,21,28-33H2,1-6H3,(H,48,54)(H,49,56)(H,50,53)/t37-,38-,39+,41+,47-/m0/s1. The third kappa shape index (κ3) is 10.2. The van der Waals surface area contributed by atoms with Crippen LogP contribution in [0, 0.1) is 0 Å². The average molecular weight is 807 g/mol. The van der Waals surface area contributed by atoms with Gasteiger partial charge in [0.05, 0.1) is 0 Å². The van der Waals surface area contributed by atoms with Gasteiger partial charge in [-0.2, -0.15) is 0 Å². The van der Waals surface area contributed by atoms with Crippen LogP contribution in [0.25, 0.3) is 0 Å². The Kier molecular flexibility index (Phi) is 15.0. The summed E-state index contributed by atoms with van der Waals surface area (Å²) in [6.07, 6.45) is 6.64. The van der Waals surface area contributed by atoms with Gasteiger partial charge in [0, 0.05) is 13.0 Å². The summed E-state index contributed by atoms with van der Waals surface area (Å²) < 4.78 is 7.15. The van der Waals surface area contributed by atoms with E-state index >= 15 is 0 Å². The molecular weight excluding hydrogens is 745 g/mol. The van der Waals surface area contributed by atoms with Gasteiger partial charge in [0.15, 0.2) is 5.78 Å². The van der Waals surface area contributed by atoms with Gasteiger partial charge in [0.1, 0.15) is 29.8 Å². The Bertz CT molecular complexity index is 1860. The van der Waals surface area contributed by atoms with Crippen molar-refractivity contribution < 1.29 is 28.4 Å². The van der Waals surface area contributed by atoms with Crippen LogP contribution in [0.5, 0.6) is 0 Å². The number of rotatable bonds is 15. The van der Waals surface area contributed by atoms with Crippen molar-refractivity contribution in [3.63, 3.8) is 0 Å². The fraction of sp³-hybridized carbons (Fsp3) is 0.468. The number of Topliss-reactive ketones (excluding diaryl/α,β-unsaturated/α-hetero) is 1. The van der Waals surface area contributed by atoms with Crippen LogP contribution < -0.4 is 26.3 Å². The molecule has 0 bridgehead atoms. The van der Waals surface area contributed by atoms with Crippen molar-refractivity contribution in [3.8, 4) is 0 Å². The predicted octanol–water partition coefficient (Wildman–Crippen LogP) is 5.53. The molecule has 3 aromatic carbocycles. The molecule has 2 fully saturated rings. The SMILES string of the molecule is CC[C@@H](O[Si](c1ccccc1)(c1ccccc1)C(C)(C)C)C(=O)CC=CCC[C@@H]1NC(=O)[C@H]2CCCN2C(=O)[C@H](CCc2ccccc2)NC(=O)[C@](C)(CC)NC1=O. The molecule has 0 spiro atoms. The monoisotopic (exact) mass is 806 g/mol. The van der Waals surface area contributed by atoms with Crippen molar-refractivity contribution in [3.05, 3.63) is 109 Å². The lowest BCUT2D eigenvalue weighted by Gasteiger charge is -2.44. The van der Waals surface area contributed by atoms with Crippen LogP contribution in [-0.4, -0.2) is 78.9 Å². The maximum absolute atomic E-state index is 14.0. The molecule has 0 aromatic heterocycles. The summed E-state index contributed by atoms with van der Waals surface area (Å²) in [4.78, 5) is 71.1. The zero-order valence-electron chi connectivity index (χ0n) is 35.1. The highest BCUT2D eigenvalue weighted by Crippen LogP contribution is 2.38. The van der Waals surface area contributed by atoms with Gasteiger partial charge in [-0.15, -0.1) is 0 Å². The molecule has 3 N–H and O–H groups in total. The van der Waals surface area contributed by atoms with E-state index in [4.69, 9.17) is 4.43 Å². The van der Waals surface area contributed by atoms with E-state index in [-0.39, 0.29) is 41.9 Å². The Labute approximate surface area is 345 Å². The summed E-state index contributed by atoms with van der Waals surface area (Å²) in [5, 5.41) is 10.7. The largest absolute Gasteiger partial charge is 0.397 e. The highest BCUT2D eigenvalue weighted by Gasteiger charge is 2.52. The third-order valence-electron chi connectivity index (χ3n) is 11.8. The normalized spacial score (nSPS) is 22.7. The zero-order chi connectivity index (χ0) is 41.9. The molecule has 0 saturated carbocycles. The molecule has 2 saturated heterocycles. The average Bonchev–Trinajstić information content (AvgIpc) is 3.72. The minimum absolute atomic E-state index is 0.0263. The maximum atomic E-state index is 14.0. The Balaban J connectivity index is 1.29. The maximum Gasteiger partial charge on any atom is 0.262 e. The van der Waals surface area contributed by atoms with E-state index in [9.17, 15) is 24.0 Å². The van der Waals surface area contributed by atoms with E-state index < -0.39 is 49.9 Å². The number of hydrogen-bond donors (Lipinski definition) is 3. The van der Waals surface area contributed by atoms with Crippen LogP contribution in [-0.2, 0) is 34.8 Å². The lowest BCUT2D eigenvalue weighted by atomic mass is 9.94. The molecule has 4 amide bonds. The Morgan fingerprint density at radius 2 is 1.45 bits per heavy atom. The zero-order valence-corrected chi connectivity index (χ0v) is 36.1. The molecule has 0 unspecified atom stereocenters. The smallest absolute Gasteiger partial charge is 0.262 e. The van der Waals surface area contributed by atoms with Crippen LogP contribution in [0.15, 0.2) is 103 Å². The molecule has 310 valence electrons. The van der Waals surface area contributed by atoms with E-state index in [1.807, 2.05) is 85.8 Å². The first kappa shape index (κ1) is 44.2. The number of benzene rings is 3. The number of carbonyl (C=O) groups is 5. The van der Waals surface area contributed by atoms with E-state index in [1.54, 1.807) is 18.7 Å². The third-order valence-corrected chi connectivity index (χ3v) is 16.9. The molecular formula is C47H62N4O6Si. The number of fused-ring (bicyclic) bond motifs is 1. The molecule has 58 heavy (non-hydrogen) atoms. The van der Waals surface area contributed by atoms with Crippen LogP contribution in [0.3, 0.4) is 0 Å². The number of allylic oxidation sites excluding steroid dienone is 2. The van der Waals surface area contributed by atoms with Gasteiger partial charge in [0.2, 0.25) is 23.6 Å². The van der Waals surface area contributed by atoms with Crippen LogP contribution in [0.4, 0.5) is 0 Å². The molecule has 11 heteroatoms. The number of nitrogens with one attached hydrogen (secondary N) is 3. The van der Waals surface area contributed by atoms with Gasteiger partial charge in [-0.3, -0.25) is 24.0 Å². The summed E-state index contributed by atoms with van der Waals surface area (Å²) in [5.74, 6) is -1.62. The highest BCUT2D eigenvalue weighted by molar-refractivity contribution is 6.99. The fourth-order valence-corrected chi connectivity index (χ4v) is 13.0. The highest BCUT2D eigenvalue weighted by atomic mass is 28.4. The summed E-state index contributed by atoms with van der Waals surface area (Å²) in [6, 6.07) is 27.7. The quantitative estimate of drug-likeness (QED) is 0.137. The molecule has 2 aliphatic rings. The predicted molar refractivity (Wildman–Crippen MR) is 231 cm³/mol. The molecule has 10 nitrogen and oxygen atoms in total. The van der Waals surface area contributed by atoms with E-state index in [0.29, 0.717) is 45.1 Å². The van der Waals surface area contributed by atoms with E-state index in [0.717, 1.165) is 15.9 Å². The molecule has 3 aromatic rings. The number of hydrogen-bond acceptors (Lipinski definition) is 6. The minimum Gasteiger partial charge on any atom is -0.397 e. The summed E-state index contributed by atoms with van der Waals surface area (Å²) in [6.45, 7) is 12.4. The first-order valence-corrected chi connectivity index (χ1v) is 22.9. The van der Waals surface area contributed by atoms with Gasteiger partial charge in [-0.05, 0) is 79.3 Å². The van der Waals surface area contributed by atoms with Gasteiger partial charge < -0.3 is 25.3 Å². The van der Waals surface area contributed by atoms with Gasteiger partial charge in [-0.25, -0.2) is 0 Å². The molecule has 0 radical (unpaired) electrons. The van der Waals surface area contributed by atoms with E-state index in [2.05, 4.69) is 61.0 Å². The molecule has 5 atom stereocenters. The number of amides is 4. The van der Waals surface area contributed by atoms with Crippen LogP contribution >= 0.6 is 0 Å². The molecule has 2 heterocycles. The minimum atomic E-state index is -2.95. The van der Waals surface area contributed by atoms with Crippen LogP contribution in [0.2, 0.25) is 5.04 Å². The van der Waals surface area contributed by atoms with Gasteiger partial charge >= 0.3 is 0 Å². The number of nitrogens with zero attached hydrogens (tertiary/aromatic N) is 1. The number of carbonyl (C=O) groups excluding carboxylic acids is 5. The number of aryl methyl sites for hydroxylation is 1. The van der Waals surface area contributed by atoms with Crippen molar-refractivity contribution in [2.24, 2.45) is 0 Å². The first-order chi connectivity index (χ1) is 27.7. The second-order valence-electron chi connectivity index (χ2n) is 16.9. The van der Waals surface area contributed by atoms with Crippen molar-refractivity contribution in [1.29, 1.82) is 0 Å². The molecule has 2 aliphatic heterocycles. The van der Waals surface area contributed by atoms with Gasteiger partial charge in [-0.1, -0.05) is 138 Å². The Morgan fingerprint density at radius 3 is 2.02 bits per heavy atom. The summed E-state index contributed by atoms with van der Waals surface area (Å²) in [7, 11) is -2.95. The molecule has 0 aliphatic carbocycles. The summed E-state index contributed by atoms with van der Waals surface area (Å²) >= 11 is 0. The first-order valence-electron chi connectivity index (χ1n) is 21.0. The number of ketones is 1. The lowest BCUT2D eigenvalue weighted by molar-refractivity contribution is -0.144. The topological polar surface area (TPSA) is 134 Å². The lowest BCUT2D eigenvalue weighted by Crippen LogP contribution is -2.68. The Hall–Kier alpha value is -4.87. The van der Waals surface area contributed by atoms with Crippen LogP contribution in [0.1, 0.15) is 98.5 Å². The fourth-order valence-electron chi connectivity index (χ4n) is 8.23. The van der Waals surface area contributed by atoms with Gasteiger partial charge in [0.25, 0.3) is 8.32 Å². The summed E-state index contributed by atoms with van der Waals surface area (Å²) in [5.41, 5.74) is -0.287. The second-order valence-corrected chi connectivity index (χ2v) is 21.1. The van der Waals surface area contributed by atoms with Crippen molar-refractivity contribution in [2.45, 2.75) is 134 Å².